The third-order valence-corrected chi connectivity index (χ3v) is 1.02. The zero-order valence-electron chi connectivity index (χ0n) is 7.85. The number of esters is 1. The van der Waals surface area contributed by atoms with Crippen LogP contribution in [0.25, 0.3) is 0 Å². The molecule has 1 unspecified atom stereocenters. The molecule has 0 radical (unpaired) electrons. The lowest BCUT2D eigenvalue weighted by atomic mass is 10.2. The van der Waals surface area contributed by atoms with Crippen molar-refractivity contribution < 1.29 is 19.4 Å². The van der Waals surface area contributed by atoms with Gasteiger partial charge in [-0.3, -0.25) is 9.59 Å². The first-order valence-electron chi connectivity index (χ1n) is 3.55. The first-order chi connectivity index (χ1) is 6.49. The van der Waals surface area contributed by atoms with Crippen LogP contribution in [0.5, 0.6) is 0 Å². The van der Waals surface area contributed by atoms with Crippen molar-refractivity contribution in [2.75, 3.05) is 7.11 Å². The summed E-state index contributed by atoms with van der Waals surface area (Å²) in [6.07, 6.45) is -0.156. The van der Waals surface area contributed by atoms with E-state index in [1.807, 2.05) is 0 Å². The maximum Gasteiger partial charge on any atom is 0.320 e. The molecule has 0 aromatic carbocycles. The summed E-state index contributed by atoms with van der Waals surface area (Å²) in [5, 5.41) is 23.7. The monoisotopic (exact) mass is 198 g/mol. The quantitative estimate of drug-likeness (QED) is 0.639. The summed E-state index contributed by atoms with van der Waals surface area (Å²) in [5.74, 6) is -2.43. The summed E-state index contributed by atoms with van der Waals surface area (Å²) in [6, 6.07) is 3.21. The summed E-state index contributed by atoms with van der Waals surface area (Å²) in [5.41, 5.74) is 0. The fraction of sp³-hybridized carbons (Fsp3) is 0.500. The third kappa shape index (κ3) is 9.92. The topological polar surface area (TPSA) is 111 Å². The van der Waals surface area contributed by atoms with E-state index < -0.39 is 17.9 Å². The number of nitrogens with zero attached hydrogens (tertiary/aromatic N) is 2. The molecule has 76 valence electrons. The van der Waals surface area contributed by atoms with E-state index in [1.54, 1.807) is 12.1 Å². The van der Waals surface area contributed by atoms with Crippen LogP contribution >= 0.6 is 0 Å². The van der Waals surface area contributed by atoms with Gasteiger partial charge in [0, 0.05) is 0 Å². The molecule has 0 saturated carbocycles. The lowest BCUT2D eigenvalue weighted by molar-refractivity contribution is -0.140. The van der Waals surface area contributed by atoms with Gasteiger partial charge in [-0.1, -0.05) is 0 Å². The van der Waals surface area contributed by atoms with Crippen LogP contribution in [0.15, 0.2) is 0 Å². The number of nitriles is 2. The van der Waals surface area contributed by atoms with Crippen molar-refractivity contribution in [1.82, 2.24) is 0 Å². The Bertz CT molecular complexity index is 272. The van der Waals surface area contributed by atoms with Gasteiger partial charge in [-0.15, -0.1) is 0 Å². The van der Waals surface area contributed by atoms with Gasteiger partial charge in [0.15, 0.2) is 0 Å². The molecular formula is C8H10N2O4. The number of methoxy groups -OCH3 is 1. The van der Waals surface area contributed by atoms with Crippen LogP contribution in [0, 0.1) is 28.6 Å². The van der Waals surface area contributed by atoms with Gasteiger partial charge in [0.1, 0.15) is 12.3 Å². The number of aliphatic carboxylic acids is 1. The molecule has 6 nitrogen and oxygen atoms in total. The Labute approximate surface area is 81.3 Å². The number of hydrogen-bond donors (Lipinski definition) is 1. The molecule has 0 aliphatic carbocycles. The molecule has 0 fully saturated rings. The average molecular weight is 198 g/mol. The number of rotatable bonds is 2. The average Bonchev–Trinajstić information content (AvgIpc) is 2.17. The summed E-state index contributed by atoms with van der Waals surface area (Å²) in [4.78, 5) is 19.7. The Kier molecular flexibility index (Phi) is 9.30. The Morgan fingerprint density at radius 2 is 2.00 bits per heavy atom. The summed E-state index contributed by atoms with van der Waals surface area (Å²) in [6.45, 7) is 1.34. The van der Waals surface area contributed by atoms with Crippen LogP contribution in [0.1, 0.15) is 13.3 Å². The first-order valence-corrected chi connectivity index (χ1v) is 3.55. The predicted octanol–water partition coefficient (Wildman–Crippen LogP) is 0.304. The molecule has 0 aromatic heterocycles. The Balaban J connectivity index is 0. The minimum Gasteiger partial charge on any atom is -0.480 e. The molecule has 0 heterocycles. The molecule has 0 rings (SSSR count). The van der Waals surface area contributed by atoms with E-state index in [9.17, 15) is 9.59 Å². The normalized spacial score (nSPS) is 9.43. The number of carbonyl (C=O) groups excluding carboxylic acids is 1. The van der Waals surface area contributed by atoms with Gasteiger partial charge in [0.25, 0.3) is 0 Å². The molecule has 0 bridgehead atoms. The number of carbonyl (C=O) groups is 2. The molecule has 1 N–H and O–H groups in total. The van der Waals surface area contributed by atoms with Crippen molar-refractivity contribution in [3.05, 3.63) is 0 Å². The maximum atomic E-state index is 9.97. The van der Waals surface area contributed by atoms with Gasteiger partial charge >= 0.3 is 11.9 Å². The second kappa shape index (κ2) is 9.01. The lowest BCUT2D eigenvalue weighted by Gasteiger charge is -1.86. The Hall–Kier alpha value is -2.08. The van der Waals surface area contributed by atoms with Gasteiger partial charge in [0.05, 0.1) is 19.2 Å². The largest absolute Gasteiger partial charge is 0.480 e. The van der Waals surface area contributed by atoms with Crippen molar-refractivity contribution in [1.29, 1.82) is 10.5 Å². The predicted molar refractivity (Wildman–Crippen MR) is 44.7 cm³/mol. The zero-order chi connectivity index (χ0) is 11.6. The van der Waals surface area contributed by atoms with Crippen molar-refractivity contribution >= 4 is 11.9 Å². The fourth-order valence-electron chi connectivity index (χ4n) is 0.192. The SMILES string of the molecule is CC(C#N)C(=O)O.COC(=O)CC#N. The molecule has 0 aliphatic rings. The lowest BCUT2D eigenvalue weighted by Crippen LogP contribution is -2.05. The summed E-state index contributed by atoms with van der Waals surface area (Å²) >= 11 is 0. The molecule has 0 aromatic rings. The second-order valence-corrected chi connectivity index (χ2v) is 2.10. The molecule has 1 atom stereocenters. The van der Waals surface area contributed by atoms with Crippen LogP contribution in [0.2, 0.25) is 0 Å². The standard InChI is InChI=1S/2C4H5NO2/c1-7-4(6)2-3-5;1-3(2-5)4(6)7/h2H2,1H3;3H,1H3,(H,6,7). The van der Waals surface area contributed by atoms with E-state index in [4.69, 9.17) is 15.6 Å². The highest BCUT2D eigenvalue weighted by Gasteiger charge is 2.06. The van der Waals surface area contributed by atoms with Crippen molar-refractivity contribution in [2.24, 2.45) is 5.92 Å². The van der Waals surface area contributed by atoms with E-state index in [1.165, 1.54) is 14.0 Å². The smallest absolute Gasteiger partial charge is 0.320 e. The van der Waals surface area contributed by atoms with Crippen LogP contribution < -0.4 is 0 Å². The van der Waals surface area contributed by atoms with E-state index >= 15 is 0 Å². The highest BCUT2D eigenvalue weighted by atomic mass is 16.5. The molecule has 0 spiro atoms. The minimum absolute atomic E-state index is 0.156. The number of ether oxygens (including phenoxy) is 1. The van der Waals surface area contributed by atoms with Gasteiger partial charge < -0.3 is 9.84 Å². The molecular weight excluding hydrogens is 188 g/mol. The van der Waals surface area contributed by atoms with Crippen LogP contribution in [-0.4, -0.2) is 24.2 Å². The zero-order valence-corrected chi connectivity index (χ0v) is 7.85. The number of carboxylic acid groups (broad SMARTS) is 1. The van der Waals surface area contributed by atoms with E-state index in [-0.39, 0.29) is 6.42 Å². The minimum atomic E-state index is -1.07. The van der Waals surface area contributed by atoms with Gasteiger partial charge in [-0.25, -0.2) is 0 Å². The number of hydrogen-bond acceptors (Lipinski definition) is 5. The Morgan fingerprint density at radius 3 is 2.07 bits per heavy atom. The van der Waals surface area contributed by atoms with Gasteiger partial charge in [0.2, 0.25) is 0 Å². The third-order valence-electron chi connectivity index (χ3n) is 1.02. The molecule has 6 heteroatoms. The van der Waals surface area contributed by atoms with Crippen molar-refractivity contribution in [3.63, 3.8) is 0 Å². The van der Waals surface area contributed by atoms with Crippen LogP contribution in [0.4, 0.5) is 0 Å². The second-order valence-electron chi connectivity index (χ2n) is 2.10. The summed E-state index contributed by atoms with van der Waals surface area (Å²) < 4.78 is 4.13. The van der Waals surface area contributed by atoms with E-state index in [2.05, 4.69) is 4.74 Å². The van der Waals surface area contributed by atoms with E-state index in [0.29, 0.717) is 0 Å². The van der Waals surface area contributed by atoms with Crippen molar-refractivity contribution in [3.8, 4) is 12.1 Å². The molecule has 14 heavy (non-hydrogen) atoms. The number of carboxylic acids is 1. The Morgan fingerprint density at radius 1 is 1.50 bits per heavy atom. The molecule has 0 saturated heterocycles. The molecule has 0 amide bonds. The fourth-order valence-corrected chi connectivity index (χ4v) is 0.192. The summed E-state index contributed by atoms with van der Waals surface area (Å²) in [7, 11) is 1.25. The van der Waals surface area contributed by atoms with Gasteiger partial charge in [-0.05, 0) is 6.92 Å². The molecule has 0 aliphatic heterocycles. The van der Waals surface area contributed by atoms with Crippen LogP contribution in [-0.2, 0) is 14.3 Å². The maximum absolute atomic E-state index is 9.97. The van der Waals surface area contributed by atoms with Crippen LogP contribution in [0.3, 0.4) is 0 Å². The van der Waals surface area contributed by atoms with Gasteiger partial charge in [-0.2, -0.15) is 10.5 Å². The van der Waals surface area contributed by atoms with Crippen molar-refractivity contribution in [2.45, 2.75) is 13.3 Å². The highest BCUT2D eigenvalue weighted by Crippen LogP contribution is 1.87. The first kappa shape index (κ1) is 14.4. The highest BCUT2D eigenvalue weighted by molar-refractivity contribution is 5.72. The van der Waals surface area contributed by atoms with E-state index in [0.717, 1.165) is 0 Å².